The van der Waals surface area contributed by atoms with Crippen LogP contribution in [-0.2, 0) is 9.59 Å². The molecule has 0 unspecified atom stereocenters. The van der Waals surface area contributed by atoms with Crippen LogP contribution in [0.4, 0.5) is 0 Å². The van der Waals surface area contributed by atoms with Gasteiger partial charge in [0.15, 0.2) is 5.11 Å². The Kier molecular flexibility index (Phi) is 2.59. The lowest BCUT2D eigenvalue weighted by Crippen LogP contribution is -2.32. The Morgan fingerprint density at radius 3 is 2.75 bits per heavy atom. The van der Waals surface area contributed by atoms with E-state index in [0.717, 1.165) is 0 Å². The van der Waals surface area contributed by atoms with E-state index in [-0.39, 0.29) is 23.9 Å². The molecule has 5 nitrogen and oxygen atoms in total. The summed E-state index contributed by atoms with van der Waals surface area (Å²) in [5.74, 6) is -1.44. The van der Waals surface area contributed by atoms with Crippen molar-refractivity contribution in [2.75, 3.05) is 0 Å². The van der Waals surface area contributed by atoms with Crippen molar-refractivity contribution in [3.05, 3.63) is 0 Å². The first-order valence-corrected chi connectivity index (χ1v) is 3.81. The number of carbonyl (C=O) groups excluding carboxylic acids is 2. The summed E-state index contributed by atoms with van der Waals surface area (Å²) in [5.41, 5.74) is 0. The number of hydrogen-bond acceptors (Lipinski definition) is 4. The lowest BCUT2D eigenvalue weighted by molar-refractivity contribution is -0.305. The second-order valence-corrected chi connectivity index (χ2v) is 2.83. The summed E-state index contributed by atoms with van der Waals surface area (Å²) in [6.45, 7) is 0. The van der Waals surface area contributed by atoms with E-state index in [1.54, 1.807) is 0 Å². The standard InChI is InChI=1S/C6H8N2O3S/c9-4(10)2-1-3-5(11)8-6(12)7-3/h3H,1-2H2,(H,9,10)(H2,7,8,11,12)/p-1/t3-/m0/s1. The normalized spacial score (nSPS) is 21.8. The molecule has 6 heteroatoms. The van der Waals surface area contributed by atoms with Crippen LogP contribution in [0.25, 0.3) is 0 Å². The van der Waals surface area contributed by atoms with Gasteiger partial charge in [0.05, 0.1) is 0 Å². The number of hydrogen-bond donors (Lipinski definition) is 2. The Morgan fingerprint density at radius 2 is 2.33 bits per heavy atom. The van der Waals surface area contributed by atoms with Crippen molar-refractivity contribution in [2.45, 2.75) is 18.9 Å². The minimum absolute atomic E-state index is 0.145. The zero-order valence-electron chi connectivity index (χ0n) is 6.12. The minimum Gasteiger partial charge on any atom is -0.550 e. The number of carboxylic acids is 1. The molecule has 1 fully saturated rings. The average Bonchev–Trinajstić information content (AvgIpc) is 2.26. The number of rotatable bonds is 3. The van der Waals surface area contributed by atoms with Crippen molar-refractivity contribution in [3.8, 4) is 0 Å². The van der Waals surface area contributed by atoms with Gasteiger partial charge in [-0.25, -0.2) is 0 Å². The summed E-state index contributed by atoms with van der Waals surface area (Å²) in [5, 5.41) is 15.3. The van der Waals surface area contributed by atoms with Crippen molar-refractivity contribution in [1.82, 2.24) is 10.6 Å². The molecule has 2 N–H and O–H groups in total. The largest absolute Gasteiger partial charge is 0.550 e. The van der Waals surface area contributed by atoms with Crippen LogP contribution >= 0.6 is 12.2 Å². The first-order valence-electron chi connectivity index (χ1n) is 3.41. The van der Waals surface area contributed by atoms with Crippen LogP contribution < -0.4 is 15.7 Å². The number of amides is 1. The highest BCUT2D eigenvalue weighted by molar-refractivity contribution is 7.80. The summed E-state index contributed by atoms with van der Waals surface area (Å²) in [4.78, 5) is 21.0. The lowest BCUT2D eigenvalue weighted by atomic mass is 10.1. The van der Waals surface area contributed by atoms with Crippen molar-refractivity contribution >= 4 is 29.2 Å². The van der Waals surface area contributed by atoms with E-state index in [1.807, 2.05) is 0 Å². The summed E-state index contributed by atoms with van der Waals surface area (Å²) in [6, 6.07) is -0.518. The Balaban J connectivity index is 2.38. The molecular weight excluding hydrogens is 180 g/mol. The van der Waals surface area contributed by atoms with Crippen LogP contribution in [0.1, 0.15) is 12.8 Å². The van der Waals surface area contributed by atoms with Crippen LogP contribution in [0, 0.1) is 0 Å². The molecule has 0 aromatic heterocycles. The van der Waals surface area contributed by atoms with Crippen molar-refractivity contribution in [3.63, 3.8) is 0 Å². The number of nitrogens with one attached hydrogen (secondary N) is 2. The summed E-state index contributed by atoms with van der Waals surface area (Å²) >= 11 is 4.65. The third-order valence-corrected chi connectivity index (χ3v) is 1.72. The van der Waals surface area contributed by atoms with E-state index >= 15 is 0 Å². The number of carbonyl (C=O) groups is 2. The molecule has 0 radical (unpaired) electrons. The van der Waals surface area contributed by atoms with Gasteiger partial charge in [0, 0.05) is 5.97 Å². The fourth-order valence-corrected chi connectivity index (χ4v) is 1.17. The van der Waals surface area contributed by atoms with Crippen LogP contribution in [0.15, 0.2) is 0 Å². The molecule has 1 heterocycles. The molecule has 66 valence electrons. The maximum absolute atomic E-state index is 10.9. The Morgan fingerprint density at radius 1 is 1.67 bits per heavy atom. The molecule has 1 atom stereocenters. The van der Waals surface area contributed by atoms with Crippen molar-refractivity contribution < 1.29 is 14.7 Å². The quantitative estimate of drug-likeness (QED) is 0.494. The molecule has 1 aliphatic rings. The molecule has 1 saturated heterocycles. The van der Waals surface area contributed by atoms with Gasteiger partial charge in [0.1, 0.15) is 6.04 Å². The van der Waals surface area contributed by atoms with E-state index in [9.17, 15) is 14.7 Å². The van der Waals surface area contributed by atoms with Gasteiger partial charge in [0.2, 0.25) is 5.91 Å². The monoisotopic (exact) mass is 187 g/mol. The van der Waals surface area contributed by atoms with Crippen molar-refractivity contribution in [2.24, 2.45) is 0 Å². The van der Waals surface area contributed by atoms with Gasteiger partial charge >= 0.3 is 0 Å². The highest BCUT2D eigenvalue weighted by atomic mass is 32.1. The Hall–Kier alpha value is -1.17. The molecular formula is C6H7N2O3S-. The summed E-state index contributed by atoms with van der Waals surface area (Å²) in [7, 11) is 0. The van der Waals surface area contributed by atoms with Gasteiger partial charge in [-0.2, -0.15) is 0 Å². The number of thiocarbonyl (C=S) groups is 1. The van der Waals surface area contributed by atoms with E-state index in [1.165, 1.54) is 0 Å². The lowest BCUT2D eigenvalue weighted by Gasteiger charge is -2.06. The first-order chi connectivity index (χ1) is 5.59. The fourth-order valence-electron chi connectivity index (χ4n) is 0.924. The maximum Gasteiger partial charge on any atom is 0.248 e. The fraction of sp³-hybridized carbons (Fsp3) is 0.500. The second-order valence-electron chi connectivity index (χ2n) is 2.43. The first kappa shape index (κ1) is 8.92. The predicted molar refractivity (Wildman–Crippen MR) is 41.9 cm³/mol. The summed E-state index contributed by atoms with van der Waals surface area (Å²) < 4.78 is 0. The van der Waals surface area contributed by atoms with Gasteiger partial charge in [-0.1, -0.05) is 0 Å². The topological polar surface area (TPSA) is 81.3 Å². The van der Waals surface area contributed by atoms with Crippen LogP contribution in [0.2, 0.25) is 0 Å². The zero-order chi connectivity index (χ0) is 9.14. The number of aliphatic carboxylic acids is 1. The summed E-state index contributed by atoms with van der Waals surface area (Å²) in [6.07, 6.45) is 0.0575. The maximum atomic E-state index is 10.9. The molecule has 1 amide bonds. The van der Waals surface area contributed by atoms with Gasteiger partial charge < -0.3 is 20.5 Å². The van der Waals surface area contributed by atoms with Gasteiger partial charge in [-0.15, -0.1) is 0 Å². The molecule has 0 aromatic carbocycles. The second kappa shape index (κ2) is 3.48. The zero-order valence-corrected chi connectivity index (χ0v) is 6.94. The van der Waals surface area contributed by atoms with Gasteiger partial charge in [0.25, 0.3) is 0 Å². The van der Waals surface area contributed by atoms with Crippen LogP contribution in [0.3, 0.4) is 0 Å². The minimum atomic E-state index is -1.16. The Labute approximate surface area is 74.1 Å². The molecule has 12 heavy (non-hydrogen) atoms. The molecule has 0 saturated carbocycles. The average molecular weight is 187 g/mol. The molecule has 1 rings (SSSR count). The van der Waals surface area contributed by atoms with E-state index in [2.05, 4.69) is 22.9 Å². The highest BCUT2D eigenvalue weighted by Gasteiger charge is 2.26. The predicted octanol–water partition coefficient (Wildman–Crippen LogP) is -2.11. The third-order valence-electron chi connectivity index (χ3n) is 1.50. The van der Waals surface area contributed by atoms with Gasteiger partial charge in [-0.05, 0) is 25.1 Å². The van der Waals surface area contributed by atoms with E-state index in [0.29, 0.717) is 0 Å². The van der Waals surface area contributed by atoms with E-state index < -0.39 is 12.0 Å². The molecule has 1 aliphatic heterocycles. The SMILES string of the molecule is O=C([O-])CC[C@@H]1NC(=S)NC1=O. The molecule has 0 aromatic rings. The van der Waals surface area contributed by atoms with Crippen molar-refractivity contribution in [1.29, 1.82) is 0 Å². The molecule has 0 spiro atoms. The highest BCUT2D eigenvalue weighted by Crippen LogP contribution is 2.01. The third kappa shape index (κ3) is 2.16. The number of carboxylic acid groups (broad SMARTS) is 1. The smallest absolute Gasteiger partial charge is 0.248 e. The van der Waals surface area contributed by atoms with E-state index in [4.69, 9.17) is 0 Å². The Bertz CT molecular complexity index is 241. The molecule has 0 bridgehead atoms. The molecule has 0 aliphatic carbocycles. The van der Waals surface area contributed by atoms with Gasteiger partial charge in [-0.3, -0.25) is 4.79 Å². The van der Waals surface area contributed by atoms with Crippen LogP contribution in [0.5, 0.6) is 0 Å². The van der Waals surface area contributed by atoms with Crippen LogP contribution in [-0.4, -0.2) is 23.0 Å².